The third-order valence-electron chi connectivity index (χ3n) is 26.9. The lowest BCUT2D eigenvalue weighted by atomic mass is 9.78. The SMILES string of the molecule is CCCCN(C)c1nc(N(C)C)nc(N(CCCCCCN(c2nc(N(C)C3CC(C)(C)N(OC)C(C)(C)C3)nc(N(CCCCCCN(c3nc(N(C)CCCC)nc(N(CCCC)CCCC)n3)C3CC(C)(C)N(OC)C(C)(C)C3)C3CC(C)(C)N(OC)C(C)(C)C3)n2)C2CC(C)(C)N(OC)C(C)(C)C2)C2CC(C)(C)N(OC)C(C)(C)C2)n1. The van der Waals surface area contributed by atoms with Crippen LogP contribution < -0.4 is 44.1 Å². The molecule has 0 aromatic carbocycles. The van der Waals surface area contributed by atoms with Gasteiger partial charge in [-0.3, -0.25) is 0 Å². The second-order valence-electron chi connectivity index (χ2n) is 42.9. The minimum absolute atomic E-state index is 0.0655. The maximum atomic E-state index is 6.39. The van der Waals surface area contributed by atoms with Crippen molar-refractivity contribution >= 4 is 53.5 Å². The largest absolute Gasteiger partial charge is 0.347 e. The highest BCUT2D eigenvalue weighted by molar-refractivity contribution is 5.51. The Labute approximate surface area is 730 Å². The van der Waals surface area contributed by atoms with Gasteiger partial charge in [0.1, 0.15) is 0 Å². The Hall–Kier alpha value is -5.17. The summed E-state index contributed by atoms with van der Waals surface area (Å²) in [5.41, 5.74) is -2.88. The predicted octanol–water partition coefficient (Wildman–Crippen LogP) is 17.3. The van der Waals surface area contributed by atoms with Crippen molar-refractivity contribution in [3.05, 3.63) is 0 Å². The number of hydrogen-bond acceptors (Lipinski definition) is 28. The molecule has 5 aliphatic heterocycles. The lowest BCUT2D eigenvalue weighted by Gasteiger charge is -2.55. The van der Waals surface area contributed by atoms with E-state index in [0.717, 1.165) is 255 Å². The van der Waals surface area contributed by atoms with Crippen LogP contribution in [0.4, 0.5) is 53.5 Å². The van der Waals surface area contributed by atoms with Gasteiger partial charge in [-0.05, 0) is 254 Å². The second kappa shape index (κ2) is 41.5. The van der Waals surface area contributed by atoms with Crippen LogP contribution in [0.3, 0.4) is 0 Å². The topological polar surface area (TPSA) is 208 Å². The number of nitrogens with zero attached hydrogens (tertiary/aromatic N) is 23. The van der Waals surface area contributed by atoms with Crippen LogP contribution in [0.5, 0.6) is 0 Å². The van der Waals surface area contributed by atoms with Crippen molar-refractivity contribution < 1.29 is 24.2 Å². The van der Waals surface area contributed by atoms with Crippen LogP contribution >= 0.6 is 0 Å². The van der Waals surface area contributed by atoms with E-state index < -0.39 is 0 Å². The molecule has 8 rings (SSSR count). The summed E-state index contributed by atoms with van der Waals surface area (Å²) in [5.74, 6) is 6.63. The van der Waals surface area contributed by atoms with E-state index >= 15 is 0 Å². The number of aromatic nitrogens is 9. The highest BCUT2D eigenvalue weighted by atomic mass is 16.7. The van der Waals surface area contributed by atoms with E-state index in [1.807, 2.05) is 54.5 Å². The van der Waals surface area contributed by atoms with Crippen molar-refractivity contribution in [2.24, 2.45) is 0 Å². The van der Waals surface area contributed by atoms with Gasteiger partial charge in [-0.2, -0.15) is 70.2 Å². The maximum Gasteiger partial charge on any atom is 0.232 e. The molecule has 120 heavy (non-hydrogen) atoms. The molecule has 3 aromatic heterocycles. The van der Waals surface area contributed by atoms with E-state index in [9.17, 15) is 0 Å². The lowest BCUT2D eigenvalue weighted by Crippen LogP contribution is -2.64. The van der Waals surface area contributed by atoms with Crippen LogP contribution in [0.1, 0.15) is 333 Å². The van der Waals surface area contributed by atoms with Crippen molar-refractivity contribution in [2.75, 3.05) is 167 Å². The zero-order valence-corrected chi connectivity index (χ0v) is 82.8. The summed E-state index contributed by atoms with van der Waals surface area (Å²) in [6, 6.07) is 0.524. The first-order valence-electron chi connectivity index (χ1n) is 46.7. The van der Waals surface area contributed by atoms with E-state index in [1.165, 1.54) is 0 Å². The van der Waals surface area contributed by atoms with Gasteiger partial charge in [0.05, 0.1) is 35.5 Å². The fourth-order valence-electron chi connectivity index (χ4n) is 22.8. The van der Waals surface area contributed by atoms with Gasteiger partial charge in [-0.15, -0.1) is 0 Å². The lowest BCUT2D eigenvalue weighted by molar-refractivity contribution is -0.266. The Morgan fingerprint density at radius 1 is 0.242 bits per heavy atom. The Morgan fingerprint density at radius 2 is 0.442 bits per heavy atom. The fourth-order valence-corrected chi connectivity index (χ4v) is 22.8. The number of hydrogen-bond donors (Lipinski definition) is 0. The summed E-state index contributed by atoms with van der Waals surface area (Å²) < 4.78 is 0. The molecule has 5 aliphatic rings. The number of hydroxylamine groups is 10. The minimum atomic E-state index is -0.325. The first kappa shape index (κ1) is 100. The quantitative estimate of drug-likeness (QED) is 0.0482. The van der Waals surface area contributed by atoms with Crippen LogP contribution in [-0.2, 0) is 24.2 Å². The van der Waals surface area contributed by atoms with Crippen molar-refractivity contribution in [2.45, 2.75) is 419 Å². The third kappa shape index (κ3) is 24.3. The number of rotatable bonds is 45. The van der Waals surface area contributed by atoms with Gasteiger partial charge in [-0.25, -0.2) is 0 Å². The maximum absolute atomic E-state index is 6.39. The summed E-state index contributed by atoms with van der Waals surface area (Å²) >= 11 is 0. The molecule has 688 valence electrons. The molecule has 0 unspecified atom stereocenters. The zero-order chi connectivity index (χ0) is 89.1. The molecule has 0 radical (unpaired) electrons. The van der Waals surface area contributed by atoms with Crippen molar-refractivity contribution in [1.82, 2.24) is 70.2 Å². The Bertz CT molecular complexity index is 3520. The van der Waals surface area contributed by atoms with Gasteiger partial charge in [0.25, 0.3) is 0 Å². The van der Waals surface area contributed by atoms with Gasteiger partial charge in [-0.1, -0.05) is 79.1 Å². The molecule has 0 saturated carbocycles. The van der Waals surface area contributed by atoms with E-state index in [4.69, 9.17) is 69.0 Å². The van der Waals surface area contributed by atoms with Crippen LogP contribution in [0.2, 0.25) is 0 Å². The monoisotopic (exact) mass is 1680 g/mol. The third-order valence-corrected chi connectivity index (χ3v) is 26.9. The molecule has 0 spiro atoms. The minimum Gasteiger partial charge on any atom is -0.347 e. The highest BCUT2D eigenvalue weighted by Gasteiger charge is 2.54. The average Bonchev–Trinajstić information content (AvgIpc) is 0.745. The van der Waals surface area contributed by atoms with Gasteiger partial charge < -0.3 is 68.3 Å². The van der Waals surface area contributed by atoms with E-state index in [1.54, 1.807) is 0 Å². The van der Waals surface area contributed by atoms with Crippen LogP contribution in [0.25, 0.3) is 0 Å². The Balaban J connectivity index is 1.20. The summed E-state index contributed by atoms with van der Waals surface area (Å²) in [6.45, 7) is 62.4. The summed E-state index contributed by atoms with van der Waals surface area (Å²) in [5, 5.41) is 11.1. The molecule has 28 nitrogen and oxygen atoms in total. The van der Waals surface area contributed by atoms with Gasteiger partial charge >= 0.3 is 0 Å². The molecule has 0 N–H and O–H groups in total. The van der Waals surface area contributed by atoms with Gasteiger partial charge in [0, 0.05) is 173 Å². The molecule has 0 atom stereocenters. The molecule has 28 heteroatoms. The smallest absolute Gasteiger partial charge is 0.232 e. The molecule has 0 amide bonds. The average molecular weight is 1680 g/mol. The molecule has 0 aliphatic carbocycles. The molecule has 0 bridgehead atoms. The van der Waals surface area contributed by atoms with Crippen LogP contribution in [0, 0.1) is 0 Å². The second-order valence-corrected chi connectivity index (χ2v) is 42.9. The summed E-state index contributed by atoms with van der Waals surface area (Å²) in [7, 11) is 19.7. The standard InChI is InChI=1S/C92H175N23O5/c1-35-39-51-103(27)75-93-74(102(25)26)94-79(96-75)107(70-61-85(9,10)112(117-31)86(11,12)62-70)55-47-43-45-49-57-109(72-65-89(17,18)114(119-33)90(19,20)66-72)81-98-77(105(29)69-59-83(5,6)111(116-30)84(7,8)60-69)99-82(101-81)110(73-67-91(21,22)115(120-34)92(23,24)68-73)58-50-46-44-48-56-108(71-63-87(13,14)113(118-32)88(15,16)64-71)80-97-76(104(28)52-40-36-2)95-78(100-80)106(53-41-37-3)54-42-38-4/h69-73H,35-68H2,1-34H3. The molecule has 3 aromatic rings. The van der Waals surface area contributed by atoms with Crippen molar-refractivity contribution in [3.63, 3.8) is 0 Å². The fraction of sp³-hybridized carbons (Fsp3) is 0.902. The molecular formula is C92H175N23O5. The molecule has 8 heterocycles. The first-order valence-corrected chi connectivity index (χ1v) is 46.7. The van der Waals surface area contributed by atoms with Crippen molar-refractivity contribution in [1.29, 1.82) is 0 Å². The van der Waals surface area contributed by atoms with E-state index in [-0.39, 0.29) is 85.6 Å². The van der Waals surface area contributed by atoms with E-state index in [0.29, 0.717) is 17.8 Å². The first-order chi connectivity index (χ1) is 56.1. The normalized spacial score (nSPS) is 21.6. The van der Waals surface area contributed by atoms with Gasteiger partial charge in [0.2, 0.25) is 53.5 Å². The predicted molar refractivity (Wildman–Crippen MR) is 497 cm³/mol. The zero-order valence-electron chi connectivity index (χ0n) is 82.8. The number of piperidine rings is 5. The molecule has 5 saturated heterocycles. The number of unbranched alkanes of at least 4 members (excludes halogenated alkanes) is 10. The van der Waals surface area contributed by atoms with E-state index in [2.05, 4.69) is 252 Å². The van der Waals surface area contributed by atoms with Gasteiger partial charge in [0.15, 0.2) is 0 Å². The highest BCUT2D eigenvalue weighted by Crippen LogP contribution is 2.48. The Morgan fingerprint density at radius 3 is 0.683 bits per heavy atom. The summed E-state index contributed by atoms with van der Waals surface area (Å²) in [6.07, 6.45) is 25.1. The molecule has 5 fully saturated rings. The Kier molecular flexibility index (Phi) is 34.7. The molecular weight excluding hydrogens is 1510 g/mol. The number of anilines is 9. The van der Waals surface area contributed by atoms with Crippen LogP contribution in [0.15, 0.2) is 0 Å². The van der Waals surface area contributed by atoms with Crippen molar-refractivity contribution in [3.8, 4) is 0 Å². The summed E-state index contributed by atoms with van der Waals surface area (Å²) in [4.78, 5) is 103. The van der Waals surface area contributed by atoms with Crippen LogP contribution in [-0.4, -0.2) is 279 Å².